The predicted molar refractivity (Wildman–Crippen MR) is 203 cm³/mol. The molecule has 0 unspecified atom stereocenters. The average Bonchev–Trinajstić information content (AvgIpc) is 3.81. The molecule has 0 spiro atoms. The number of hydrogen-bond donors (Lipinski definition) is 2. The first-order chi connectivity index (χ1) is 25.0. The number of carbonyl (C=O) groups is 3. The highest BCUT2D eigenvalue weighted by Gasteiger charge is 2.31. The molecule has 4 aromatic rings. The molecule has 0 bridgehead atoms. The van der Waals surface area contributed by atoms with E-state index in [4.69, 9.17) is 21.6 Å². The maximum absolute atomic E-state index is 13.7. The third-order valence-corrected chi connectivity index (χ3v) is 12.6. The van der Waals surface area contributed by atoms with Crippen LogP contribution in [-0.4, -0.2) is 85.4 Å². The lowest BCUT2D eigenvalue weighted by Crippen LogP contribution is -2.36. The fourth-order valence-corrected chi connectivity index (χ4v) is 9.29. The van der Waals surface area contributed by atoms with Crippen LogP contribution >= 0.6 is 22.9 Å². The first kappa shape index (κ1) is 36.3. The topological polar surface area (TPSA) is 124 Å². The Hall–Kier alpha value is -4.10. The van der Waals surface area contributed by atoms with Gasteiger partial charge in [0.25, 0.3) is 5.91 Å². The van der Waals surface area contributed by atoms with Crippen LogP contribution in [0.3, 0.4) is 0 Å². The van der Waals surface area contributed by atoms with Crippen LogP contribution in [0, 0.1) is 18.8 Å². The van der Waals surface area contributed by atoms with Gasteiger partial charge in [0.15, 0.2) is 5.82 Å². The average molecular weight is 744 g/mol. The molecule has 2 N–H and O–H groups in total. The maximum atomic E-state index is 13.7. The number of carbonyl (C=O) groups excluding carboxylic acids is 2. The molecule has 11 nitrogen and oxygen atoms in total. The summed E-state index contributed by atoms with van der Waals surface area (Å²) in [4.78, 5) is 55.0. The van der Waals surface area contributed by atoms with Gasteiger partial charge in [0.05, 0.1) is 47.7 Å². The van der Waals surface area contributed by atoms with E-state index in [1.54, 1.807) is 11.3 Å². The fourth-order valence-electron chi connectivity index (χ4n) is 7.85. The second-order valence-corrected chi connectivity index (χ2v) is 16.0. The third-order valence-electron chi connectivity index (χ3n) is 11.1. The van der Waals surface area contributed by atoms with Crippen molar-refractivity contribution in [1.82, 2.24) is 29.2 Å². The SMILES string of the molecule is CCN(C)CC(=O)N1Cc2nc(-c3cccc(-c4cccc(NC(=O)c5nc6c(n5C)CCN(C[C@H]5CC[C@@H](C(=O)O)CC5)C6)c4Cl)c3C)sc2C1. The van der Waals surface area contributed by atoms with Crippen LogP contribution in [-0.2, 0) is 42.7 Å². The smallest absolute Gasteiger partial charge is 0.306 e. The van der Waals surface area contributed by atoms with Gasteiger partial charge in [-0.15, -0.1) is 11.3 Å². The van der Waals surface area contributed by atoms with Crippen molar-refractivity contribution in [2.45, 2.75) is 65.6 Å². The summed E-state index contributed by atoms with van der Waals surface area (Å²) >= 11 is 8.68. The zero-order valence-electron chi connectivity index (χ0n) is 30.2. The summed E-state index contributed by atoms with van der Waals surface area (Å²) in [6, 6.07) is 11.8. The van der Waals surface area contributed by atoms with Crippen molar-refractivity contribution >= 4 is 46.4 Å². The number of benzene rings is 2. The zero-order chi connectivity index (χ0) is 36.7. The summed E-state index contributed by atoms with van der Waals surface area (Å²) in [6.45, 7) is 8.95. The van der Waals surface area contributed by atoms with E-state index in [9.17, 15) is 19.5 Å². The number of hydrogen-bond acceptors (Lipinski definition) is 8. The zero-order valence-corrected chi connectivity index (χ0v) is 31.8. The Morgan fingerprint density at radius 1 is 1.00 bits per heavy atom. The van der Waals surface area contributed by atoms with Gasteiger partial charge in [-0.25, -0.2) is 9.97 Å². The number of fused-ring (bicyclic) bond motifs is 2. The molecule has 2 amide bonds. The molecular weight excluding hydrogens is 698 g/mol. The fraction of sp³-hybridized carbons (Fsp3) is 0.462. The first-order valence-corrected chi connectivity index (χ1v) is 19.3. The summed E-state index contributed by atoms with van der Waals surface area (Å²) in [5, 5.41) is 13.8. The molecule has 0 atom stereocenters. The maximum Gasteiger partial charge on any atom is 0.306 e. The van der Waals surface area contributed by atoms with Gasteiger partial charge < -0.3 is 19.9 Å². The Kier molecular flexibility index (Phi) is 10.5. The second kappa shape index (κ2) is 15.1. The molecule has 2 aromatic carbocycles. The number of anilines is 1. The Morgan fingerprint density at radius 3 is 2.46 bits per heavy atom. The van der Waals surface area contributed by atoms with Gasteiger partial charge in [-0.3, -0.25) is 24.2 Å². The lowest BCUT2D eigenvalue weighted by atomic mass is 9.81. The lowest BCUT2D eigenvalue weighted by molar-refractivity contribution is -0.143. The van der Waals surface area contributed by atoms with Crippen LogP contribution in [0.25, 0.3) is 21.7 Å². The summed E-state index contributed by atoms with van der Waals surface area (Å²) in [5.74, 6) is -0.237. The van der Waals surface area contributed by atoms with E-state index in [1.165, 1.54) is 0 Å². The molecule has 0 saturated heterocycles. The number of nitrogens with one attached hydrogen (secondary N) is 1. The monoisotopic (exact) mass is 743 g/mol. The highest BCUT2D eigenvalue weighted by molar-refractivity contribution is 7.15. The number of aromatic nitrogens is 3. The Morgan fingerprint density at radius 2 is 1.73 bits per heavy atom. The van der Waals surface area contributed by atoms with E-state index < -0.39 is 5.97 Å². The van der Waals surface area contributed by atoms with Crippen molar-refractivity contribution in [1.29, 1.82) is 0 Å². The van der Waals surface area contributed by atoms with Crippen molar-refractivity contribution < 1.29 is 19.5 Å². The molecule has 1 fully saturated rings. The largest absolute Gasteiger partial charge is 0.481 e. The van der Waals surface area contributed by atoms with Gasteiger partial charge >= 0.3 is 5.97 Å². The van der Waals surface area contributed by atoms with Crippen molar-refractivity contribution in [2.75, 3.05) is 38.5 Å². The Labute approximate surface area is 313 Å². The van der Waals surface area contributed by atoms with Crippen molar-refractivity contribution in [2.24, 2.45) is 18.9 Å². The molecule has 13 heteroatoms. The predicted octanol–water partition coefficient (Wildman–Crippen LogP) is 6.47. The molecule has 2 aromatic heterocycles. The quantitative estimate of drug-likeness (QED) is 0.190. The Bertz CT molecular complexity index is 1990. The lowest BCUT2D eigenvalue weighted by Gasteiger charge is -2.33. The van der Waals surface area contributed by atoms with Crippen LogP contribution in [0.1, 0.15) is 70.7 Å². The molecule has 2 aliphatic heterocycles. The van der Waals surface area contributed by atoms with Crippen LogP contribution in [0.5, 0.6) is 0 Å². The number of aliphatic carboxylic acids is 1. The molecule has 4 heterocycles. The number of nitrogens with zero attached hydrogens (tertiary/aromatic N) is 6. The molecular formula is C39H46ClN7O4S. The highest BCUT2D eigenvalue weighted by atomic mass is 35.5. The summed E-state index contributed by atoms with van der Waals surface area (Å²) < 4.78 is 1.90. The molecule has 0 radical (unpaired) electrons. The first-order valence-electron chi connectivity index (χ1n) is 18.1. The molecule has 1 saturated carbocycles. The molecule has 52 heavy (non-hydrogen) atoms. The molecule has 7 rings (SSSR count). The summed E-state index contributed by atoms with van der Waals surface area (Å²) in [6.07, 6.45) is 4.17. The van der Waals surface area contributed by atoms with E-state index in [0.29, 0.717) is 48.6 Å². The van der Waals surface area contributed by atoms with Crippen molar-refractivity contribution in [3.63, 3.8) is 0 Å². The minimum atomic E-state index is -0.675. The van der Waals surface area contributed by atoms with Crippen LogP contribution < -0.4 is 5.32 Å². The van der Waals surface area contributed by atoms with Crippen molar-refractivity contribution in [3.05, 3.63) is 74.8 Å². The number of carboxylic acid groups (broad SMARTS) is 1. The number of amides is 2. The minimum absolute atomic E-state index is 0.120. The van der Waals surface area contributed by atoms with Gasteiger partial charge in [0.1, 0.15) is 5.01 Å². The standard InChI is InChI=1S/C39H46ClN7O4S/c1-5-44(3)22-34(48)47-20-31-33(21-47)52-38(43-31)27-9-6-8-26(23(27)2)28-10-7-11-29(35(28)40)42-37(49)36-41-30-19-46(17-16-32(30)45(36)4)18-24-12-14-25(15-13-24)39(50)51/h6-11,24-25H,5,12-22H2,1-4H3,(H,42,49)(H,50,51)/t24-,25+. The number of halogens is 1. The van der Waals surface area contributed by atoms with Gasteiger partial charge in [-0.05, 0) is 69.3 Å². The van der Waals surface area contributed by atoms with E-state index in [1.807, 2.05) is 65.7 Å². The molecule has 3 aliphatic rings. The molecule has 1 aliphatic carbocycles. The highest BCUT2D eigenvalue weighted by Crippen LogP contribution is 2.41. The number of imidazole rings is 1. The van der Waals surface area contributed by atoms with Crippen LogP contribution in [0.2, 0.25) is 5.02 Å². The summed E-state index contributed by atoms with van der Waals surface area (Å²) in [5.41, 5.74) is 7.29. The normalized spacial score (nSPS) is 18.8. The van der Waals surface area contributed by atoms with E-state index in [2.05, 4.69) is 23.2 Å². The van der Waals surface area contributed by atoms with E-state index in [0.717, 1.165) is 101 Å². The summed E-state index contributed by atoms with van der Waals surface area (Å²) in [7, 11) is 3.85. The third kappa shape index (κ3) is 7.26. The second-order valence-electron chi connectivity index (χ2n) is 14.5. The van der Waals surface area contributed by atoms with Crippen LogP contribution in [0.15, 0.2) is 36.4 Å². The van der Waals surface area contributed by atoms with Crippen LogP contribution in [0.4, 0.5) is 5.69 Å². The van der Waals surface area contributed by atoms with Crippen molar-refractivity contribution in [3.8, 4) is 21.7 Å². The number of rotatable bonds is 10. The number of carboxylic acids is 1. The van der Waals surface area contributed by atoms with E-state index >= 15 is 0 Å². The minimum Gasteiger partial charge on any atom is -0.481 e. The number of likely N-dealkylation sites (N-methyl/N-ethyl adjacent to an activating group) is 1. The Balaban J connectivity index is 1.03. The van der Waals surface area contributed by atoms with Gasteiger partial charge in [-0.1, -0.05) is 48.9 Å². The molecule has 274 valence electrons. The van der Waals surface area contributed by atoms with Gasteiger partial charge in [0.2, 0.25) is 5.91 Å². The van der Waals surface area contributed by atoms with Gasteiger partial charge in [-0.2, -0.15) is 0 Å². The van der Waals surface area contributed by atoms with E-state index in [-0.39, 0.29) is 17.7 Å². The van der Waals surface area contributed by atoms with Gasteiger partial charge in [0, 0.05) is 54.8 Å². The number of thiazole rings is 1.